The van der Waals surface area contributed by atoms with Gasteiger partial charge in [-0.15, -0.1) is 0 Å². The number of ether oxygens (including phenoxy) is 1. The highest BCUT2D eigenvalue weighted by molar-refractivity contribution is 5.95. The molecule has 3 aromatic rings. The zero-order chi connectivity index (χ0) is 19.2. The highest BCUT2D eigenvalue weighted by Gasteiger charge is 2.16. The van der Waals surface area contributed by atoms with E-state index in [-0.39, 0.29) is 12.3 Å². The molecule has 1 fully saturated rings. The van der Waals surface area contributed by atoms with E-state index in [2.05, 4.69) is 15.3 Å². The minimum Gasteiger partial charge on any atom is -0.489 e. The van der Waals surface area contributed by atoms with Crippen LogP contribution < -0.4 is 10.1 Å². The number of hydrogen-bond acceptors (Lipinski definition) is 4. The molecule has 0 bridgehead atoms. The van der Waals surface area contributed by atoms with Crippen molar-refractivity contribution in [2.24, 2.45) is 5.92 Å². The maximum Gasteiger partial charge on any atom is 0.230 e. The van der Waals surface area contributed by atoms with Crippen molar-refractivity contribution in [3.05, 3.63) is 60.4 Å². The fraction of sp³-hybridized carbons (Fsp3) is 0.348. The Morgan fingerprint density at radius 1 is 1.00 bits per heavy atom. The van der Waals surface area contributed by atoms with Crippen LogP contribution in [0.5, 0.6) is 5.75 Å². The Kier molecular flexibility index (Phi) is 5.80. The van der Waals surface area contributed by atoms with Crippen molar-refractivity contribution in [3.63, 3.8) is 0 Å². The van der Waals surface area contributed by atoms with Gasteiger partial charge in [0.15, 0.2) is 11.6 Å². The number of nitrogens with zero attached hydrogens (tertiary/aromatic N) is 2. The van der Waals surface area contributed by atoms with Gasteiger partial charge in [0.05, 0.1) is 18.5 Å². The van der Waals surface area contributed by atoms with Crippen LogP contribution >= 0.6 is 0 Å². The summed E-state index contributed by atoms with van der Waals surface area (Å²) in [5.74, 6) is 1.59. The molecule has 0 unspecified atom stereocenters. The average molecular weight is 375 g/mol. The molecule has 0 radical (unpaired) electrons. The highest BCUT2D eigenvalue weighted by atomic mass is 16.5. The first-order valence-electron chi connectivity index (χ1n) is 10.00. The van der Waals surface area contributed by atoms with Gasteiger partial charge in [-0.2, -0.15) is 0 Å². The van der Waals surface area contributed by atoms with E-state index in [0.717, 1.165) is 16.5 Å². The molecule has 1 amide bonds. The van der Waals surface area contributed by atoms with E-state index in [4.69, 9.17) is 4.74 Å². The van der Waals surface area contributed by atoms with E-state index in [1.54, 1.807) is 12.4 Å². The Morgan fingerprint density at radius 3 is 2.68 bits per heavy atom. The molecule has 0 saturated heterocycles. The number of carbonyl (C=O) groups is 1. The summed E-state index contributed by atoms with van der Waals surface area (Å²) in [7, 11) is 0. The van der Waals surface area contributed by atoms with Gasteiger partial charge in [0.2, 0.25) is 5.91 Å². The molecule has 1 aromatic carbocycles. The first-order chi connectivity index (χ1) is 13.8. The quantitative estimate of drug-likeness (QED) is 0.674. The summed E-state index contributed by atoms with van der Waals surface area (Å²) in [5, 5.41) is 3.94. The Bertz CT molecular complexity index is 946. The summed E-state index contributed by atoms with van der Waals surface area (Å²) in [6.07, 6.45) is 9.99. The first-order valence-corrected chi connectivity index (χ1v) is 10.00. The van der Waals surface area contributed by atoms with Crippen LogP contribution in [0.1, 0.15) is 37.7 Å². The molecule has 0 spiro atoms. The fourth-order valence-electron chi connectivity index (χ4n) is 3.82. The van der Waals surface area contributed by atoms with Crippen LogP contribution in [0, 0.1) is 5.92 Å². The van der Waals surface area contributed by atoms with Crippen molar-refractivity contribution in [2.75, 3.05) is 11.9 Å². The molecule has 5 nitrogen and oxygen atoms in total. The summed E-state index contributed by atoms with van der Waals surface area (Å²) < 4.78 is 6.01. The van der Waals surface area contributed by atoms with E-state index < -0.39 is 0 Å². The van der Waals surface area contributed by atoms with Gasteiger partial charge in [-0.1, -0.05) is 43.5 Å². The predicted molar refractivity (Wildman–Crippen MR) is 110 cm³/mol. The molecule has 28 heavy (non-hydrogen) atoms. The third kappa shape index (κ3) is 4.47. The molecular weight excluding hydrogens is 350 g/mol. The summed E-state index contributed by atoms with van der Waals surface area (Å²) in [5.41, 5.74) is 1.76. The SMILES string of the molecule is O=C(Cc1cccc2cccnc12)Nc1ncccc1OCC1CCCCC1. The maximum atomic E-state index is 12.6. The first kappa shape index (κ1) is 18.4. The number of fused-ring (bicyclic) bond motifs is 1. The second-order valence-electron chi connectivity index (χ2n) is 7.38. The maximum absolute atomic E-state index is 12.6. The third-order valence-electron chi connectivity index (χ3n) is 5.30. The normalized spacial score (nSPS) is 14.7. The van der Waals surface area contributed by atoms with Crippen molar-refractivity contribution in [3.8, 4) is 5.75 Å². The Labute approximate surface area is 165 Å². The molecule has 1 aliphatic rings. The molecule has 1 saturated carbocycles. The van der Waals surface area contributed by atoms with Crippen LogP contribution in [0.15, 0.2) is 54.9 Å². The number of hydrogen-bond donors (Lipinski definition) is 1. The van der Waals surface area contributed by atoms with E-state index in [9.17, 15) is 4.79 Å². The topological polar surface area (TPSA) is 64.1 Å². The second-order valence-corrected chi connectivity index (χ2v) is 7.38. The minimum atomic E-state index is -0.126. The molecule has 1 N–H and O–H groups in total. The van der Waals surface area contributed by atoms with Crippen molar-refractivity contribution in [2.45, 2.75) is 38.5 Å². The molecule has 2 heterocycles. The van der Waals surface area contributed by atoms with Crippen LogP contribution in [0.25, 0.3) is 10.9 Å². The van der Waals surface area contributed by atoms with Gasteiger partial charge in [-0.3, -0.25) is 9.78 Å². The zero-order valence-electron chi connectivity index (χ0n) is 15.9. The van der Waals surface area contributed by atoms with E-state index >= 15 is 0 Å². The van der Waals surface area contributed by atoms with Crippen LogP contribution in [-0.4, -0.2) is 22.5 Å². The van der Waals surface area contributed by atoms with Crippen molar-refractivity contribution in [1.29, 1.82) is 0 Å². The predicted octanol–water partition coefficient (Wildman–Crippen LogP) is 4.77. The van der Waals surface area contributed by atoms with E-state index in [1.165, 1.54) is 32.1 Å². The molecule has 4 rings (SSSR count). The van der Waals surface area contributed by atoms with Crippen molar-refractivity contribution in [1.82, 2.24) is 9.97 Å². The number of amides is 1. The number of para-hydroxylation sites is 1. The van der Waals surface area contributed by atoms with Crippen LogP contribution in [0.3, 0.4) is 0 Å². The molecule has 5 heteroatoms. The second kappa shape index (κ2) is 8.83. The summed E-state index contributed by atoms with van der Waals surface area (Å²) in [6, 6.07) is 13.5. The van der Waals surface area contributed by atoms with E-state index in [1.807, 2.05) is 42.5 Å². The van der Waals surface area contributed by atoms with Crippen molar-refractivity contribution >= 4 is 22.6 Å². The van der Waals surface area contributed by atoms with Gasteiger partial charge in [-0.05, 0) is 42.5 Å². The molecule has 0 aliphatic heterocycles. The van der Waals surface area contributed by atoms with Crippen LogP contribution in [-0.2, 0) is 11.2 Å². The lowest BCUT2D eigenvalue weighted by Gasteiger charge is -2.22. The standard InChI is InChI=1S/C23H25N3O2/c27-21(15-19-10-4-9-18-11-5-13-24-22(18)19)26-23-20(12-6-14-25-23)28-16-17-7-2-1-3-8-17/h4-6,9-14,17H,1-3,7-8,15-16H2,(H,25,26,27). The smallest absolute Gasteiger partial charge is 0.230 e. The summed E-state index contributed by atoms with van der Waals surface area (Å²) in [6.45, 7) is 0.682. The average Bonchev–Trinajstić information content (AvgIpc) is 2.74. The van der Waals surface area contributed by atoms with Gasteiger partial charge in [0.25, 0.3) is 0 Å². The minimum absolute atomic E-state index is 0.126. The molecule has 0 atom stereocenters. The number of anilines is 1. The number of aromatic nitrogens is 2. The number of pyridine rings is 2. The summed E-state index contributed by atoms with van der Waals surface area (Å²) >= 11 is 0. The Morgan fingerprint density at radius 2 is 1.79 bits per heavy atom. The third-order valence-corrected chi connectivity index (χ3v) is 5.30. The van der Waals surface area contributed by atoms with Gasteiger partial charge in [0.1, 0.15) is 0 Å². The molecular formula is C23H25N3O2. The van der Waals surface area contributed by atoms with Gasteiger partial charge in [-0.25, -0.2) is 4.98 Å². The van der Waals surface area contributed by atoms with Gasteiger partial charge >= 0.3 is 0 Å². The Balaban J connectivity index is 1.43. The number of nitrogens with one attached hydrogen (secondary N) is 1. The monoisotopic (exact) mass is 375 g/mol. The highest BCUT2D eigenvalue weighted by Crippen LogP contribution is 2.27. The lowest BCUT2D eigenvalue weighted by Crippen LogP contribution is -2.18. The largest absolute Gasteiger partial charge is 0.489 e. The van der Waals surface area contributed by atoms with Gasteiger partial charge in [0, 0.05) is 17.8 Å². The lowest BCUT2D eigenvalue weighted by atomic mass is 9.90. The summed E-state index contributed by atoms with van der Waals surface area (Å²) in [4.78, 5) is 21.4. The zero-order valence-corrected chi connectivity index (χ0v) is 15.9. The lowest BCUT2D eigenvalue weighted by molar-refractivity contribution is -0.115. The van der Waals surface area contributed by atoms with E-state index in [0.29, 0.717) is 24.1 Å². The number of benzene rings is 1. The number of rotatable bonds is 6. The van der Waals surface area contributed by atoms with Gasteiger partial charge < -0.3 is 10.1 Å². The Hall–Kier alpha value is -2.95. The molecule has 144 valence electrons. The van der Waals surface area contributed by atoms with Crippen LogP contribution in [0.2, 0.25) is 0 Å². The molecule has 1 aliphatic carbocycles. The fourth-order valence-corrected chi connectivity index (χ4v) is 3.82. The van der Waals surface area contributed by atoms with Crippen LogP contribution in [0.4, 0.5) is 5.82 Å². The number of carbonyl (C=O) groups excluding carboxylic acids is 1. The van der Waals surface area contributed by atoms with Crippen molar-refractivity contribution < 1.29 is 9.53 Å². The molecule has 2 aromatic heterocycles.